The van der Waals surface area contributed by atoms with Gasteiger partial charge in [0.05, 0.1) is 17.7 Å². The normalized spacial score (nSPS) is 13.8. The molecule has 0 bridgehead atoms. The van der Waals surface area contributed by atoms with Gasteiger partial charge in [0.2, 0.25) is 5.43 Å². The molecular weight excluding hydrogens is 525 g/mol. The second-order valence-electron chi connectivity index (χ2n) is 9.67. The van der Waals surface area contributed by atoms with Gasteiger partial charge in [-0.15, -0.1) is 6.42 Å². The van der Waals surface area contributed by atoms with E-state index in [1.54, 1.807) is 33.4 Å². The molecule has 3 heterocycles. The first-order valence-corrected chi connectivity index (χ1v) is 13.0. The fourth-order valence-corrected chi connectivity index (χ4v) is 5.29. The lowest BCUT2D eigenvalue weighted by Gasteiger charge is -2.36. The van der Waals surface area contributed by atoms with Crippen molar-refractivity contribution in [1.29, 1.82) is 5.26 Å². The Morgan fingerprint density at radius 1 is 1.07 bits per heavy atom. The lowest BCUT2D eigenvalue weighted by molar-refractivity contribution is -0.126. The number of hydrogen-bond donors (Lipinski definition) is 1. The van der Waals surface area contributed by atoms with E-state index in [9.17, 15) is 24.8 Å². The van der Waals surface area contributed by atoms with E-state index in [-0.39, 0.29) is 29.7 Å². The fourth-order valence-electron chi connectivity index (χ4n) is 5.29. The highest BCUT2D eigenvalue weighted by atomic mass is 19.1. The number of hydrogen-bond acceptors (Lipinski definition) is 5. The fraction of sp³-hybridized carbons (Fsp3) is 0.226. The molecule has 1 aliphatic heterocycles. The molecule has 206 valence electrons. The number of rotatable bonds is 6. The van der Waals surface area contributed by atoms with Crippen molar-refractivity contribution < 1.29 is 19.1 Å². The van der Waals surface area contributed by atoms with Crippen LogP contribution in [0.3, 0.4) is 0 Å². The van der Waals surface area contributed by atoms with Crippen molar-refractivity contribution in [2.75, 3.05) is 31.1 Å². The molecule has 1 saturated heterocycles. The Balaban J connectivity index is 1.39. The summed E-state index contributed by atoms with van der Waals surface area (Å²) in [5, 5.41) is 20.1. The molecule has 1 fully saturated rings. The van der Waals surface area contributed by atoms with Crippen LogP contribution in [0.25, 0.3) is 27.9 Å². The number of para-hydroxylation sites is 1. The van der Waals surface area contributed by atoms with Crippen molar-refractivity contribution in [3.05, 3.63) is 81.5 Å². The Morgan fingerprint density at radius 2 is 1.80 bits per heavy atom. The van der Waals surface area contributed by atoms with Gasteiger partial charge in [-0.2, -0.15) is 5.26 Å². The van der Waals surface area contributed by atoms with E-state index in [1.165, 1.54) is 6.20 Å². The molecule has 0 radical (unpaired) electrons. The minimum Gasteiger partial charge on any atom is -0.477 e. The van der Waals surface area contributed by atoms with E-state index in [2.05, 4.69) is 5.92 Å². The molecule has 0 unspecified atom stereocenters. The average Bonchev–Trinajstić information content (AvgIpc) is 3.33. The van der Waals surface area contributed by atoms with Gasteiger partial charge in [0.15, 0.2) is 0 Å². The van der Waals surface area contributed by atoms with Gasteiger partial charge in [-0.05, 0) is 31.2 Å². The van der Waals surface area contributed by atoms with Crippen LogP contribution in [0.1, 0.15) is 22.8 Å². The van der Waals surface area contributed by atoms with E-state index >= 15 is 4.39 Å². The summed E-state index contributed by atoms with van der Waals surface area (Å²) in [4.78, 5) is 40.8. The summed E-state index contributed by atoms with van der Waals surface area (Å²) >= 11 is 0. The number of nitriles is 1. The van der Waals surface area contributed by atoms with Crippen LogP contribution in [-0.2, 0) is 17.9 Å². The second-order valence-corrected chi connectivity index (χ2v) is 9.67. The molecule has 4 aromatic rings. The molecule has 1 amide bonds. The summed E-state index contributed by atoms with van der Waals surface area (Å²) < 4.78 is 18.7. The number of aryl methyl sites for hydroxylation is 1. The van der Waals surface area contributed by atoms with Gasteiger partial charge in [0.1, 0.15) is 23.0 Å². The second kappa shape index (κ2) is 11.0. The predicted molar refractivity (Wildman–Crippen MR) is 154 cm³/mol. The summed E-state index contributed by atoms with van der Waals surface area (Å²) in [5.41, 5.74) is 1.13. The zero-order valence-corrected chi connectivity index (χ0v) is 22.3. The number of pyridine rings is 1. The van der Waals surface area contributed by atoms with E-state index in [0.717, 1.165) is 17.0 Å². The first-order chi connectivity index (χ1) is 19.8. The van der Waals surface area contributed by atoms with Crippen LogP contribution in [0.5, 0.6) is 0 Å². The number of aromatic carboxylic acids is 1. The lowest BCUT2D eigenvalue weighted by atomic mass is 10.1. The molecule has 10 heteroatoms. The topological polar surface area (TPSA) is 112 Å². The maximum atomic E-state index is 15.2. The van der Waals surface area contributed by atoms with Crippen molar-refractivity contribution in [2.45, 2.75) is 20.0 Å². The summed E-state index contributed by atoms with van der Waals surface area (Å²) in [7, 11) is 0. The van der Waals surface area contributed by atoms with Gasteiger partial charge < -0.3 is 24.0 Å². The Bertz CT molecular complexity index is 1880. The van der Waals surface area contributed by atoms with Gasteiger partial charge in [0, 0.05) is 67.0 Å². The number of nitrogens with zero attached hydrogens (tertiary/aromatic N) is 5. The van der Waals surface area contributed by atoms with E-state index in [1.807, 2.05) is 41.1 Å². The third-order valence-electron chi connectivity index (χ3n) is 7.36. The maximum Gasteiger partial charge on any atom is 0.341 e. The maximum absolute atomic E-state index is 15.2. The van der Waals surface area contributed by atoms with Crippen LogP contribution < -0.4 is 10.3 Å². The van der Waals surface area contributed by atoms with Crippen LogP contribution in [0, 0.1) is 29.5 Å². The summed E-state index contributed by atoms with van der Waals surface area (Å²) in [6.45, 7) is 3.66. The van der Waals surface area contributed by atoms with Crippen molar-refractivity contribution >= 4 is 45.4 Å². The van der Waals surface area contributed by atoms with Crippen molar-refractivity contribution in [2.24, 2.45) is 0 Å². The van der Waals surface area contributed by atoms with Crippen LogP contribution in [0.4, 0.5) is 10.1 Å². The number of aromatic nitrogens is 2. The van der Waals surface area contributed by atoms with E-state index < -0.39 is 28.7 Å². The van der Waals surface area contributed by atoms with Crippen LogP contribution in [-0.4, -0.2) is 57.2 Å². The third-order valence-corrected chi connectivity index (χ3v) is 7.36. The standard InChI is InChI=1S/C31H26FN5O4/c1-3-9-37-18-21(22-7-5-6-8-26(22)37)14-20(17-33)30(39)36-12-10-35(11-13-36)28-16-27-23(15-25(28)32)29(38)24(31(40)41)19-34(27)4-2/h1,5-8,14-16,18-19H,4,9-13H2,2H3,(H,40,41)/b20-14+. The SMILES string of the molecule is C#CCn1cc(/C=C(\C#N)C(=O)N2CCN(c3cc4c(cc3F)c(=O)c(C(=O)O)cn4CC)CC2)c2ccccc21. The quantitative estimate of drug-likeness (QED) is 0.222. The van der Waals surface area contributed by atoms with Crippen molar-refractivity contribution in [3.63, 3.8) is 0 Å². The van der Waals surface area contributed by atoms with Gasteiger partial charge in [-0.25, -0.2) is 9.18 Å². The molecule has 41 heavy (non-hydrogen) atoms. The zero-order valence-electron chi connectivity index (χ0n) is 22.3. The minimum atomic E-state index is -1.37. The van der Waals surface area contributed by atoms with Gasteiger partial charge in [0.25, 0.3) is 5.91 Å². The average molecular weight is 552 g/mol. The van der Waals surface area contributed by atoms with Crippen LogP contribution >= 0.6 is 0 Å². The number of anilines is 1. The van der Waals surface area contributed by atoms with E-state index in [0.29, 0.717) is 37.3 Å². The molecule has 0 spiro atoms. The largest absolute Gasteiger partial charge is 0.477 e. The summed E-state index contributed by atoms with van der Waals surface area (Å²) in [6.07, 6.45) is 10.2. The number of benzene rings is 2. The molecule has 0 aliphatic carbocycles. The van der Waals surface area contributed by atoms with Crippen molar-refractivity contribution in [1.82, 2.24) is 14.0 Å². The molecular formula is C31H26FN5O4. The monoisotopic (exact) mass is 551 g/mol. The molecule has 1 N–H and O–H groups in total. The van der Waals surface area contributed by atoms with Gasteiger partial charge in [-0.3, -0.25) is 9.59 Å². The molecule has 2 aromatic heterocycles. The smallest absolute Gasteiger partial charge is 0.341 e. The molecule has 9 nitrogen and oxygen atoms in total. The van der Waals surface area contributed by atoms with E-state index in [4.69, 9.17) is 6.42 Å². The van der Waals surface area contributed by atoms with Gasteiger partial charge >= 0.3 is 5.97 Å². The predicted octanol–water partition coefficient (Wildman–Crippen LogP) is 3.70. The Hall–Kier alpha value is -5.35. The highest BCUT2D eigenvalue weighted by molar-refractivity contribution is 6.04. The lowest BCUT2D eigenvalue weighted by Crippen LogP contribution is -2.49. The Morgan fingerprint density at radius 3 is 2.46 bits per heavy atom. The highest BCUT2D eigenvalue weighted by Gasteiger charge is 2.26. The first-order valence-electron chi connectivity index (χ1n) is 13.0. The number of carbonyl (C=O) groups is 2. The molecule has 0 saturated carbocycles. The first kappa shape index (κ1) is 27.2. The molecule has 5 rings (SSSR count). The highest BCUT2D eigenvalue weighted by Crippen LogP contribution is 2.27. The number of halogens is 1. The number of terminal acetylenes is 1. The minimum absolute atomic E-state index is 0.00536. The van der Waals surface area contributed by atoms with Crippen molar-refractivity contribution in [3.8, 4) is 18.4 Å². The number of fused-ring (bicyclic) bond motifs is 2. The summed E-state index contributed by atoms with van der Waals surface area (Å²) in [5.74, 6) is 0.174. The Kier molecular flexibility index (Phi) is 7.32. The number of piperazine rings is 1. The zero-order chi connectivity index (χ0) is 29.3. The third kappa shape index (κ3) is 4.92. The van der Waals surface area contributed by atoms with Gasteiger partial charge in [-0.1, -0.05) is 24.1 Å². The number of carboxylic acid groups (broad SMARTS) is 1. The number of amides is 1. The number of carbonyl (C=O) groups excluding carboxylic acids is 1. The molecule has 2 aromatic carbocycles. The number of carboxylic acids is 1. The van der Waals surface area contributed by atoms with Crippen LogP contribution in [0.2, 0.25) is 0 Å². The Labute approximate surface area is 234 Å². The van der Waals surface area contributed by atoms with Crippen LogP contribution in [0.15, 0.2) is 59.2 Å². The molecule has 0 atom stereocenters. The molecule has 1 aliphatic rings. The summed E-state index contributed by atoms with van der Waals surface area (Å²) in [6, 6.07) is 12.3.